The molecule has 6 nitrogen and oxygen atoms in total. The second kappa shape index (κ2) is 7.83. The molecule has 2 N–H and O–H groups in total. The largest absolute Gasteiger partial charge is 0.321 e. The SMILES string of the molecule is Cc1cc(C)cc(NC(=O)c2nc(C(=O)Nc3cccc(C)c3)n3ccccc23)c1. The number of pyridine rings is 1. The summed E-state index contributed by atoms with van der Waals surface area (Å²) < 4.78 is 1.63. The highest BCUT2D eigenvalue weighted by atomic mass is 16.2. The maximum atomic E-state index is 13.0. The van der Waals surface area contributed by atoms with Crippen molar-refractivity contribution in [2.24, 2.45) is 0 Å². The molecule has 4 aromatic rings. The van der Waals surface area contributed by atoms with Crippen molar-refractivity contribution in [2.75, 3.05) is 10.6 Å². The van der Waals surface area contributed by atoms with Gasteiger partial charge >= 0.3 is 0 Å². The van der Waals surface area contributed by atoms with E-state index >= 15 is 0 Å². The minimum absolute atomic E-state index is 0.151. The second-order valence-corrected chi connectivity index (χ2v) is 7.39. The fourth-order valence-electron chi connectivity index (χ4n) is 3.51. The standard InChI is InChI=1S/C24H22N4O2/c1-15-7-6-8-18(12-15)25-24(30)22-27-21(20-9-4-5-10-28(20)22)23(29)26-19-13-16(2)11-17(3)14-19/h4-14H,1-3H3,(H,25,30)(H,26,29). The number of carbonyl (C=O) groups is 2. The summed E-state index contributed by atoms with van der Waals surface area (Å²) in [5, 5.41) is 5.75. The maximum Gasteiger partial charge on any atom is 0.292 e. The van der Waals surface area contributed by atoms with Crippen LogP contribution in [0, 0.1) is 20.8 Å². The monoisotopic (exact) mass is 398 g/mol. The van der Waals surface area contributed by atoms with Crippen molar-refractivity contribution in [3.63, 3.8) is 0 Å². The minimum atomic E-state index is -0.382. The molecule has 2 amide bonds. The van der Waals surface area contributed by atoms with E-state index in [4.69, 9.17) is 0 Å². The van der Waals surface area contributed by atoms with Crippen molar-refractivity contribution in [3.05, 3.63) is 95.1 Å². The lowest BCUT2D eigenvalue weighted by Crippen LogP contribution is -2.16. The number of carbonyl (C=O) groups excluding carboxylic acids is 2. The van der Waals surface area contributed by atoms with E-state index in [2.05, 4.69) is 15.6 Å². The van der Waals surface area contributed by atoms with E-state index in [1.807, 2.05) is 69.3 Å². The predicted molar refractivity (Wildman–Crippen MR) is 118 cm³/mol. The van der Waals surface area contributed by atoms with Crippen molar-refractivity contribution in [1.82, 2.24) is 9.38 Å². The number of benzene rings is 2. The summed E-state index contributed by atoms with van der Waals surface area (Å²) in [5.41, 5.74) is 5.28. The van der Waals surface area contributed by atoms with Gasteiger partial charge in [0, 0.05) is 17.6 Å². The highest BCUT2D eigenvalue weighted by Gasteiger charge is 2.22. The van der Waals surface area contributed by atoms with E-state index in [1.54, 1.807) is 22.7 Å². The number of anilines is 2. The number of nitrogens with one attached hydrogen (secondary N) is 2. The summed E-state index contributed by atoms with van der Waals surface area (Å²) in [7, 11) is 0. The van der Waals surface area contributed by atoms with Gasteiger partial charge in [-0.15, -0.1) is 0 Å². The van der Waals surface area contributed by atoms with Crippen molar-refractivity contribution < 1.29 is 9.59 Å². The van der Waals surface area contributed by atoms with Gasteiger partial charge < -0.3 is 10.6 Å². The summed E-state index contributed by atoms with van der Waals surface area (Å²) >= 11 is 0. The molecule has 0 bridgehead atoms. The van der Waals surface area contributed by atoms with E-state index in [0.29, 0.717) is 16.9 Å². The van der Waals surface area contributed by atoms with E-state index in [9.17, 15) is 9.59 Å². The van der Waals surface area contributed by atoms with Gasteiger partial charge in [0.2, 0.25) is 5.82 Å². The summed E-state index contributed by atoms with van der Waals surface area (Å²) in [6.45, 7) is 5.90. The molecule has 0 aliphatic heterocycles. The zero-order valence-electron chi connectivity index (χ0n) is 17.1. The molecular weight excluding hydrogens is 376 g/mol. The summed E-state index contributed by atoms with van der Waals surface area (Å²) in [6.07, 6.45) is 1.72. The topological polar surface area (TPSA) is 75.5 Å². The third-order valence-corrected chi connectivity index (χ3v) is 4.72. The van der Waals surface area contributed by atoms with Crippen LogP contribution in [-0.4, -0.2) is 21.2 Å². The van der Waals surface area contributed by atoms with Crippen LogP contribution in [0.25, 0.3) is 5.52 Å². The molecule has 0 spiro atoms. The molecule has 0 aliphatic carbocycles. The predicted octanol–water partition coefficient (Wildman–Crippen LogP) is 4.76. The molecule has 0 saturated carbocycles. The van der Waals surface area contributed by atoms with Crippen LogP contribution < -0.4 is 10.6 Å². The molecular formula is C24H22N4O2. The zero-order valence-corrected chi connectivity index (χ0v) is 17.1. The first-order valence-corrected chi connectivity index (χ1v) is 9.65. The van der Waals surface area contributed by atoms with Crippen LogP contribution in [0.2, 0.25) is 0 Å². The average molecular weight is 398 g/mol. The Bertz CT molecular complexity index is 1250. The fourth-order valence-corrected chi connectivity index (χ4v) is 3.51. The first-order chi connectivity index (χ1) is 14.4. The maximum absolute atomic E-state index is 13.0. The van der Waals surface area contributed by atoms with Crippen molar-refractivity contribution in [3.8, 4) is 0 Å². The summed E-state index contributed by atoms with van der Waals surface area (Å²) in [6, 6.07) is 18.7. The molecule has 30 heavy (non-hydrogen) atoms. The lowest BCUT2D eigenvalue weighted by atomic mass is 10.1. The van der Waals surface area contributed by atoms with Crippen LogP contribution in [0.3, 0.4) is 0 Å². The Hall–Kier alpha value is -3.93. The molecule has 150 valence electrons. The number of amides is 2. The molecule has 0 aliphatic rings. The molecule has 0 unspecified atom stereocenters. The highest BCUT2D eigenvalue weighted by Crippen LogP contribution is 2.19. The fraction of sp³-hybridized carbons (Fsp3) is 0.125. The molecule has 0 radical (unpaired) electrons. The molecule has 2 heterocycles. The average Bonchev–Trinajstić information content (AvgIpc) is 3.07. The molecule has 2 aromatic carbocycles. The molecule has 0 fully saturated rings. The van der Waals surface area contributed by atoms with Crippen LogP contribution in [0.15, 0.2) is 66.9 Å². The third kappa shape index (κ3) is 3.93. The van der Waals surface area contributed by atoms with Gasteiger partial charge in [-0.25, -0.2) is 4.98 Å². The lowest BCUT2D eigenvalue weighted by Gasteiger charge is -2.06. The number of hydrogen-bond acceptors (Lipinski definition) is 3. The highest BCUT2D eigenvalue weighted by molar-refractivity contribution is 6.10. The van der Waals surface area contributed by atoms with Crippen molar-refractivity contribution >= 4 is 28.7 Å². The number of fused-ring (bicyclic) bond motifs is 1. The first kappa shape index (κ1) is 19.4. The Morgan fingerprint density at radius 3 is 2.20 bits per heavy atom. The van der Waals surface area contributed by atoms with Crippen molar-refractivity contribution in [1.29, 1.82) is 0 Å². The minimum Gasteiger partial charge on any atom is -0.321 e. The number of nitrogens with zero attached hydrogens (tertiary/aromatic N) is 2. The van der Waals surface area contributed by atoms with Crippen LogP contribution in [0.5, 0.6) is 0 Å². The Kier molecular flexibility index (Phi) is 5.06. The van der Waals surface area contributed by atoms with Crippen LogP contribution in [0.4, 0.5) is 11.4 Å². The number of aryl methyl sites for hydroxylation is 3. The van der Waals surface area contributed by atoms with Crippen LogP contribution in [0.1, 0.15) is 37.8 Å². The Labute approximate surface area is 174 Å². The van der Waals surface area contributed by atoms with Gasteiger partial charge in [0.05, 0.1) is 5.52 Å². The normalized spacial score (nSPS) is 10.8. The van der Waals surface area contributed by atoms with Gasteiger partial charge in [-0.05, 0) is 73.9 Å². The first-order valence-electron chi connectivity index (χ1n) is 9.65. The van der Waals surface area contributed by atoms with E-state index in [-0.39, 0.29) is 23.3 Å². The van der Waals surface area contributed by atoms with Crippen LogP contribution >= 0.6 is 0 Å². The molecule has 2 aromatic heterocycles. The van der Waals surface area contributed by atoms with Gasteiger partial charge in [0.25, 0.3) is 11.8 Å². The number of imidazole rings is 1. The second-order valence-electron chi connectivity index (χ2n) is 7.39. The quantitative estimate of drug-likeness (QED) is 0.520. The van der Waals surface area contributed by atoms with Gasteiger partial charge in [-0.1, -0.05) is 24.3 Å². The van der Waals surface area contributed by atoms with E-state index < -0.39 is 0 Å². The van der Waals surface area contributed by atoms with Gasteiger partial charge in [0.1, 0.15) is 0 Å². The summed E-state index contributed by atoms with van der Waals surface area (Å²) in [4.78, 5) is 30.3. The van der Waals surface area contributed by atoms with Gasteiger partial charge in [-0.2, -0.15) is 0 Å². The van der Waals surface area contributed by atoms with E-state index in [0.717, 1.165) is 16.7 Å². The third-order valence-electron chi connectivity index (χ3n) is 4.72. The number of hydrogen-bond donors (Lipinski definition) is 2. The Morgan fingerprint density at radius 2 is 1.47 bits per heavy atom. The van der Waals surface area contributed by atoms with Crippen molar-refractivity contribution in [2.45, 2.75) is 20.8 Å². The summed E-state index contributed by atoms with van der Waals surface area (Å²) in [5.74, 6) is -0.594. The molecule has 0 saturated heterocycles. The van der Waals surface area contributed by atoms with Gasteiger partial charge in [-0.3, -0.25) is 14.0 Å². The number of rotatable bonds is 4. The molecule has 6 heteroatoms. The van der Waals surface area contributed by atoms with Crippen LogP contribution in [-0.2, 0) is 0 Å². The molecule has 4 rings (SSSR count). The Morgan fingerprint density at radius 1 is 0.767 bits per heavy atom. The molecule has 0 atom stereocenters. The lowest BCUT2D eigenvalue weighted by molar-refractivity contribution is 0.101. The van der Waals surface area contributed by atoms with Gasteiger partial charge in [0.15, 0.2) is 5.69 Å². The smallest absolute Gasteiger partial charge is 0.292 e. The number of aromatic nitrogens is 2. The zero-order chi connectivity index (χ0) is 21.3. The Balaban J connectivity index is 1.68. The van der Waals surface area contributed by atoms with E-state index in [1.165, 1.54) is 0 Å².